The zero-order valence-corrected chi connectivity index (χ0v) is 16.5. The number of anilines is 1. The Bertz CT molecular complexity index is 988. The third-order valence-corrected chi connectivity index (χ3v) is 4.89. The first-order valence-corrected chi connectivity index (χ1v) is 9.40. The van der Waals surface area contributed by atoms with Crippen LogP contribution >= 0.6 is 11.5 Å². The molecule has 3 aromatic rings. The van der Waals surface area contributed by atoms with Crippen molar-refractivity contribution in [1.29, 1.82) is 0 Å². The van der Waals surface area contributed by atoms with Crippen LogP contribution in [-0.4, -0.2) is 28.3 Å². The van der Waals surface area contributed by atoms with Crippen molar-refractivity contribution in [1.82, 2.24) is 14.7 Å². The summed E-state index contributed by atoms with van der Waals surface area (Å²) >= 11 is 1.02. The van der Waals surface area contributed by atoms with Crippen LogP contribution in [-0.2, 0) is 4.79 Å². The number of ether oxygens (including phenoxy) is 1. The van der Waals surface area contributed by atoms with E-state index in [-0.39, 0.29) is 17.9 Å². The minimum absolute atomic E-state index is 0.256. The Hall–Kier alpha value is -3.26. The van der Waals surface area contributed by atoms with Gasteiger partial charge in [0.1, 0.15) is 16.3 Å². The van der Waals surface area contributed by atoms with Crippen molar-refractivity contribution in [3.8, 4) is 17.1 Å². The first-order valence-electron chi connectivity index (χ1n) is 8.63. The molecule has 0 aliphatic rings. The second-order valence-electron chi connectivity index (χ2n) is 6.10. The summed E-state index contributed by atoms with van der Waals surface area (Å²) in [5.41, 5.74) is 2.33. The van der Waals surface area contributed by atoms with E-state index >= 15 is 0 Å². The molecule has 0 bridgehead atoms. The van der Waals surface area contributed by atoms with Gasteiger partial charge in [-0.05, 0) is 48.3 Å². The molecule has 0 saturated heterocycles. The molecule has 0 saturated carbocycles. The van der Waals surface area contributed by atoms with Crippen LogP contribution in [0.4, 0.5) is 5.69 Å². The Kier molecular flexibility index (Phi) is 6.00. The lowest BCUT2D eigenvalue weighted by Crippen LogP contribution is -2.27. The third kappa shape index (κ3) is 4.34. The van der Waals surface area contributed by atoms with E-state index in [2.05, 4.69) is 20.0 Å². The lowest BCUT2D eigenvalue weighted by molar-refractivity contribution is -0.114. The Balaban J connectivity index is 1.88. The molecule has 144 valence electrons. The van der Waals surface area contributed by atoms with Gasteiger partial charge in [0.25, 0.3) is 5.91 Å². The quantitative estimate of drug-likeness (QED) is 0.663. The molecule has 0 aliphatic heterocycles. The maximum Gasteiger partial charge on any atom is 0.265 e. The summed E-state index contributed by atoms with van der Waals surface area (Å²) in [6.45, 7) is 3.27. The van der Waals surface area contributed by atoms with Crippen molar-refractivity contribution in [3.05, 3.63) is 59.1 Å². The van der Waals surface area contributed by atoms with Crippen molar-refractivity contribution < 1.29 is 14.3 Å². The van der Waals surface area contributed by atoms with Crippen molar-refractivity contribution >= 4 is 29.0 Å². The number of pyridine rings is 1. The van der Waals surface area contributed by atoms with E-state index in [1.807, 2.05) is 37.3 Å². The summed E-state index contributed by atoms with van der Waals surface area (Å²) in [7, 11) is 1.60. The van der Waals surface area contributed by atoms with Gasteiger partial charge >= 0.3 is 0 Å². The average molecular weight is 396 g/mol. The SMILES string of the molecule is COc1cccc([C@@H](C)NC(=O)c2snc(-c3ccccn3)c2NC(C)=O)c1. The smallest absolute Gasteiger partial charge is 0.265 e. The number of carbonyl (C=O) groups is 2. The van der Waals surface area contributed by atoms with Gasteiger partial charge in [-0.3, -0.25) is 14.6 Å². The molecule has 0 unspecified atom stereocenters. The van der Waals surface area contributed by atoms with E-state index < -0.39 is 0 Å². The van der Waals surface area contributed by atoms with Gasteiger partial charge in [-0.2, -0.15) is 4.37 Å². The van der Waals surface area contributed by atoms with Gasteiger partial charge in [-0.25, -0.2) is 0 Å². The second kappa shape index (κ2) is 8.62. The molecule has 1 aromatic carbocycles. The number of nitrogens with zero attached hydrogens (tertiary/aromatic N) is 2. The van der Waals surface area contributed by atoms with Crippen LogP contribution in [0.5, 0.6) is 5.75 Å². The van der Waals surface area contributed by atoms with Crippen molar-refractivity contribution in [3.63, 3.8) is 0 Å². The molecular formula is C20H20N4O3S. The standard InChI is InChI=1S/C20H20N4O3S/c1-12(14-7-6-8-15(11-14)27-3)22-20(26)19-18(23-13(2)25)17(24-28-19)16-9-4-5-10-21-16/h4-12H,1-3H3,(H,22,26)(H,23,25)/t12-/m1/s1. The molecule has 1 atom stereocenters. The van der Waals surface area contributed by atoms with Gasteiger partial charge in [0.05, 0.1) is 24.5 Å². The van der Waals surface area contributed by atoms with E-state index in [4.69, 9.17) is 4.74 Å². The second-order valence-corrected chi connectivity index (χ2v) is 6.88. The summed E-state index contributed by atoms with van der Waals surface area (Å²) in [6.07, 6.45) is 1.64. The number of methoxy groups -OCH3 is 1. The fraction of sp³-hybridized carbons (Fsp3) is 0.200. The fourth-order valence-corrected chi connectivity index (χ4v) is 3.42. The molecule has 2 N–H and O–H groups in total. The van der Waals surface area contributed by atoms with Gasteiger partial charge in [-0.15, -0.1) is 0 Å². The first-order chi connectivity index (χ1) is 13.5. The molecule has 0 fully saturated rings. The molecular weight excluding hydrogens is 376 g/mol. The van der Waals surface area contributed by atoms with Gasteiger partial charge < -0.3 is 15.4 Å². The number of carbonyl (C=O) groups excluding carboxylic acids is 2. The summed E-state index contributed by atoms with van der Waals surface area (Å²) in [5, 5.41) is 5.67. The van der Waals surface area contributed by atoms with Crippen LogP contribution in [0.1, 0.15) is 35.1 Å². The Morgan fingerprint density at radius 3 is 2.68 bits per heavy atom. The predicted molar refractivity (Wildman–Crippen MR) is 109 cm³/mol. The molecule has 0 spiro atoms. The third-order valence-electron chi connectivity index (χ3n) is 4.05. The summed E-state index contributed by atoms with van der Waals surface area (Å²) in [6, 6.07) is 12.6. The lowest BCUT2D eigenvalue weighted by atomic mass is 10.1. The number of hydrogen-bond donors (Lipinski definition) is 2. The number of aromatic nitrogens is 2. The van der Waals surface area contributed by atoms with Crippen LogP contribution in [0.25, 0.3) is 11.4 Å². The highest BCUT2D eigenvalue weighted by Crippen LogP contribution is 2.32. The van der Waals surface area contributed by atoms with E-state index in [1.165, 1.54) is 6.92 Å². The molecule has 2 aromatic heterocycles. The van der Waals surface area contributed by atoms with Crippen LogP contribution in [0.2, 0.25) is 0 Å². The number of rotatable bonds is 6. The molecule has 7 nitrogen and oxygen atoms in total. The summed E-state index contributed by atoms with van der Waals surface area (Å²) in [4.78, 5) is 29.2. The van der Waals surface area contributed by atoms with Crippen LogP contribution in [0.15, 0.2) is 48.7 Å². The molecule has 2 amide bonds. The Morgan fingerprint density at radius 2 is 2.00 bits per heavy atom. The van der Waals surface area contributed by atoms with Gasteiger partial charge in [0.15, 0.2) is 0 Å². The number of hydrogen-bond acceptors (Lipinski definition) is 6. The van der Waals surface area contributed by atoms with Gasteiger partial charge in [-0.1, -0.05) is 18.2 Å². The highest BCUT2D eigenvalue weighted by Gasteiger charge is 2.23. The van der Waals surface area contributed by atoms with Gasteiger partial charge in [0, 0.05) is 13.1 Å². The molecule has 2 heterocycles. The average Bonchev–Trinajstić information content (AvgIpc) is 3.11. The zero-order valence-electron chi connectivity index (χ0n) is 15.7. The summed E-state index contributed by atoms with van der Waals surface area (Å²) < 4.78 is 9.59. The maximum absolute atomic E-state index is 12.9. The van der Waals surface area contributed by atoms with E-state index in [0.29, 0.717) is 27.7 Å². The zero-order chi connectivity index (χ0) is 20.1. The molecule has 0 radical (unpaired) electrons. The molecule has 8 heteroatoms. The minimum atomic E-state index is -0.321. The maximum atomic E-state index is 12.9. The minimum Gasteiger partial charge on any atom is -0.497 e. The van der Waals surface area contributed by atoms with Crippen LogP contribution in [0.3, 0.4) is 0 Å². The van der Waals surface area contributed by atoms with Crippen LogP contribution < -0.4 is 15.4 Å². The normalized spacial score (nSPS) is 11.5. The van der Waals surface area contributed by atoms with Gasteiger partial charge in [0.2, 0.25) is 5.91 Å². The Morgan fingerprint density at radius 1 is 1.18 bits per heavy atom. The highest BCUT2D eigenvalue weighted by atomic mass is 32.1. The molecule has 0 aliphatic carbocycles. The van der Waals surface area contributed by atoms with E-state index in [9.17, 15) is 9.59 Å². The van der Waals surface area contributed by atoms with E-state index in [1.54, 1.807) is 25.4 Å². The molecule has 28 heavy (non-hydrogen) atoms. The Labute approximate surface area is 166 Å². The predicted octanol–water partition coefficient (Wildman–Crippen LogP) is 3.66. The largest absolute Gasteiger partial charge is 0.497 e. The number of benzene rings is 1. The lowest BCUT2D eigenvalue weighted by Gasteiger charge is -2.15. The summed E-state index contributed by atoms with van der Waals surface area (Å²) in [5.74, 6) is 0.110. The van der Waals surface area contributed by atoms with E-state index in [0.717, 1.165) is 17.1 Å². The highest BCUT2D eigenvalue weighted by molar-refractivity contribution is 7.09. The van der Waals surface area contributed by atoms with Crippen molar-refractivity contribution in [2.45, 2.75) is 19.9 Å². The number of nitrogens with one attached hydrogen (secondary N) is 2. The van der Waals surface area contributed by atoms with Crippen molar-refractivity contribution in [2.75, 3.05) is 12.4 Å². The first kappa shape index (κ1) is 19.5. The topological polar surface area (TPSA) is 93.2 Å². The monoisotopic (exact) mass is 396 g/mol. The number of amides is 2. The van der Waals surface area contributed by atoms with Crippen molar-refractivity contribution in [2.24, 2.45) is 0 Å². The molecule has 3 rings (SSSR count). The fourth-order valence-electron chi connectivity index (χ4n) is 2.67. The van der Waals surface area contributed by atoms with Crippen LogP contribution in [0, 0.1) is 0 Å².